The summed E-state index contributed by atoms with van der Waals surface area (Å²) in [6.45, 7) is 0.434. The fourth-order valence-electron chi connectivity index (χ4n) is 3.32. The molecule has 1 heterocycles. The third kappa shape index (κ3) is 5.18. The Morgan fingerprint density at radius 1 is 1.00 bits per heavy atom. The van der Waals surface area contributed by atoms with Crippen molar-refractivity contribution in [1.82, 2.24) is 0 Å². The van der Waals surface area contributed by atoms with Crippen molar-refractivity contribution in [2.24, 2.45) is 4.99 Å². The molecular formula is C25H23N3O3S. The summed E-state index contributed by atoms with van der Waals surface area (Å²) >= 11 is 1.29. The lowest BCUT2D eigenvalue weighted by Gasteiger charge is -2.16. The monoisotopic (exact) mass is 445 g/mol. The normalized spacial score (nSPS) is 16.3. The van der Waals surface area contributed by atoms with Crippen molar-refractivity contribution in [2.45, 2.75) is 18.2 Å². The zero-order valence-corrected chi connectivity index (χ0v) is 18.4. The summed E-state index contributed by atoms with van der Waals surface area (Å²) < 4.78 is 5.20. The van der Waals surface area contributed by atoms with Crippen molar-refractivity contribution in [2.75, 3.05) is 17.3 Å². The van der Waals surface area contributed by atoms with Gasteiger partial charge in [-0.25, -0.2) is 4.90 Å². The number of rotatable bonds is 6. The average Bonchev–Trinajstić information content (AvgIpc) is 3.11. The van der Waals surface area contributed by atoms with Crippen molar-refractivity contribution in [1.29, 1.82) is 0 Å². The number of ether oxygens (including phenoxy) is 1. The Bertz CT molecular complexity index is 1100. The van der Waals surface area contributed by atoms with Gasteiger partial charge >= 0.3 is 0 Å². The molecule has 1 fully saturated rings. The smallest absolute Gasteiger partial charge is 0.247 e. The molecule has 1 aliphatic rings. The van der Waals surface area contributed by atoms with Gasteiger partial charge in [-0.3, -0.25) is 14.6 Å². The Labute approximate surface area is 191 Å². The maximum Gasteiger partial charge on any atom is 0.247 e. The maximum atomic E-state index is 13.0. The van der Waals surface area contributed by atoms with Crippen LogP contribution in [0.1, 0.15) is 12.0 Å². The first-order chi connectivity index (χ1) is 15.6. The molecule has 0 bridgehead atoms. The Morgan fingerprint density at radius 3 is 2.31 bits per heavy atom. The molecule has 6 nitrogen and oxygen atoms in total. The average molecular weight is 446 g/mol. The van der Waals surface area contributed by atoms with Gasteiger partial charge in [-0.1, -0.05) is 60.3 Å². The number of methoxy groups -OCH3 is 1. The summed E-state index contributed by atoms with van der Waals surface area (Å²) in [5, 5.41) is 3.35. The summed E-state index contributed by atoms with van der Waals surface area (Å²) in [6.07, 6.45) is 0.135. The van der Waals surface area contributed by atoms with Gasteiger partial charge in [0.1, 0.15) is 11.0 Å². The lowest BCUT2D eigenvalue weighted by atomic mass is 10.2. The fraction of sp³-hybridized carbons (Fsp3) is 0.160. The van der Waals surface area contributed by atoms with Gasteiger partial charge in [0, 0.05) is 12.1 Å². The van der Waals surface area contributed by atoms with Crippen molar-refractivity contribution < 1.29 is 14.3 Å². The molecule has 7 heteroatoms. The highest BCUT2D eigenvalue weighted by molar-refractivity contribution is 8.15. The van der Waals surface area contributed by atoms with Gasteiger partial charge in [-0.15, -0.1) is 0 Å². The summed E-state index contributed by atoms with van der Waals surface area (Å²) in [5.74, 6) is 0.358. The molecule has 4 rings (SSSR count). The van der Waals surface area contributed by atoms with Gasteiger partial charge in [-0.2, -0.15) is 0 Å². The number of nitrogens with zero attached hydrogens (tertiary/aromatic N) is 2. The predicted octanol–water partition coefficient (Wildman–Crippen LogP) is 4.73. The molecule has 0 radical (unpaired) electrons. The number of carbonyl (C=O) groups is 2. The second-order valence-corrected chi connectivity index (χ2v) is 8.37. The van der Waals surface area contributed by atoms with Gasteiger partial charge in [0.25, 0.3) is 0 Å². The topological polar surface area (TPSA) is 71.0 Å². The van der Waals surface area contributed by atoms with Crippen LogP contribution in [0.5, 0.6) is 5.75 Å². The van der Waals surface area contributed by atoms with Crippen LogP contribution in [0.2, 0.25) is 0 Å². The zero-order chi connectivity index (χ0) is 22.3. The van der Waals surface area contributed by atoms with Crippen LogP contribution >= 0.6 is 11.8 Å². The third-order valence-electron chi connectivity index (χ3n) is 4.96. The maximum absolute atomic E-state index is 13.0. The van der Waals surface area contributed by atoms with Crippen molar-refractivity contribution in [3.05, 3.63) is 90.5 Å². The van der Waals surface area contributed by atoms with E-state index < -0.39 is 5.25 Å². The minimum Gasteiger partial charge on any atom is -0.497 e. The third-order valence-corrected chi connectivity index (χ3v) is 6.07. The fourth-order valence-corrected chi connectivity index (χ4v) is 4.34. The zero-order valence-electron chi connectivity index (χ0n) is 17.6. The van der Waals surface area contributed by atoms with Gasteiger partial charge in [0.15, 0.2) is 5.17 Å². The second kappa shape index (κ2) is 10.2. The van der Waals surface area contributed by atoms with E-state index >= 15 is 0 Å². The highest BCUT2D eigenvalue weighted by Crippen LogP contribution is 2.31. The van der Waals surface area contributed by atoms with Crippen LogP contribution in [0.15, 0.2) is 89.9 Å². The van der Waals surface area contributed by atoms with Crippen LogP contribution in [0, 0.1) is 0 Å². The van der Waals surface area contributed by atoms with E-state index in [9.17, 15) is 9.59 Å². The highest BCUT2D eigenvalue weighted by Gasteiger charge is 2.40. The van der Waals surface area contributed by atoms with E-state index in [1.807, 2.05) is 72.8 Å². The van der Waals surface area contributed by atoms with Crippen LogP contribution in [-0.2, 0) is 16.1 Å². The number of anilines is 2. The molecule has 1 atom stereocenters. The molecule has 3 aromatic rings. The van der Waals surface area contributed by atoms with E-state index in [0.717, 1.165) is 17.0 Å². The summed E-state index contributed by atoms with van der Waals surface area (Å²) in [5.41, 5.74) is 2.47. The van der Waals surface area contributed by atoms with Crippen LogP contribution in [0.3, 0.4) is 0 Å². The van der Waals surface area contributed by atoms with Crippen LogP contribution in [0.25, 0.3) is 0 Å². The van der Waals surface area contributed by atoms with Gasteiger partial charge in [0.05, 0.1) is 19.3 Å². The molecule has 2 amide bonds. The molecule has 1 saturated heterocycles. The van der Waals surface area contributed by atoms with Crippen LogP contribution in [0.4, 0.5) is 11.4 Å². The first kappa shape index (κ1) is 21.6. The lowest BCUT2D eigenvalue weighted by molar-refractivity contribution is -0.121. The molecule has 3 aromatic carbocycles. The first-order valence-corrected chi connectivity index (χ1v) is 11.1. The number of aliphatic imine (C=N–C) groups is 1. The Balaban J connectivity index is 1.53. The van der Waals surface area contributed by atoms with E-state index in [-0.39, 0.29) is 18.2 Å². The SMILES string of the molecule is COc1ccc(CN=C(Nc2ccccc2)S[C@H]2CC(=O)N(c3ccccc3)C2=O)cc1. The number of nitrogens with one attached hydrogen (secondary N) is 1. The van der Waals surface area contributed by atoms with Crippen LogP contribution < -0.4 is 15.0 Å². The van der Waals surface area contributed by atoms with Crippen molar-refractivity contribution in [3.8, 4) is 5.75 Å². The Hall–Kier alpha value is -3.58. The van der Waals surface area contributed by atoms with E-state index in [4.69, 9.17) is 9.73 Å². The second-order valence-electron chi connectivity index (χ2n) is 7.17. The van der Waals surface area contributed by atoms with Crippen molar-refractivity contribution >= 4 is 40.1 Å². The van der Waals surface area contributed by atoms with Crippen LogP contribution in [-0.4, -0.2) is 29.3 Å². The van der Waals surface area contributed by atoms with E-state index in [0.29, 0.717) is 17.4 Å². The molecule has 0 aliphatic carbocycles. The number of amidine groups is 1. The van der Waals surface area contributed by atoms with Gasteiger partial charge < -0.3 is 10.1 Å². The molecular weight excluding hydrogens is 422 g/mol. The first-order valence-electron chi connectivity index (χ1n) is 10.2. The minimum atomic E-state index is -0.534. The number of carbonyl (C=O) groups excluding carboxylic acids is 2. The number of hydrogen-bond donors (Lipinski definition) is 1. The van der Waals surface area contributed by atoms with E-state index in [2.05, 4.69) is 5.32 Å². The standard InChI is InChI=1S/C25H23N3O3S/c1-31-21-14-12-18(13-15-21)17-26-25(27-19-8-4-2-5-9-19)32-22-16-23(29)28(24(22)30)20-10-6-3-7-11-20/h2-15,22H,16-17H2,1H3,(H,26,27)/t22-/m0/s1. The molecule has 0 aromatic heterocycles. The molecule has 0 unspecified atom stereocenters. The summed E-state index contributed by atoms with van der Waals surface area (Å²) in [7, 11) is 1.63. The van der Waals surface area contributed by atoms with E-state index in [1.165, 1.54) is 16.7 Å². The van der Waals surface area contributed by atoms with Gasteiger partial charge in [0.2, 0.25) is 11.8 Å². The number of amides is 2. The Kier molecular flexibility index (Phi) is 6.87. The highest BCUT2D eigenvalue weighted by atomic mass is 32.2. The number of benzene rings is 3. The molecule has 0 spiro atoms. The lowest BCUT2D eigenvalue weighted by Crippen LogP contribution is -2.31. The molecule has 32 heavy (non-hydrogen) atoms. The largest absolute Gasteiger partial charge is 0.497 e. The summed E-state index contributed by atoms with van der Waals surface area (Å²) in [4.78, 5) is 31.6. The van der Waals surface area contributed by atoms with Crippen molar-refractivity contribution in [3.63, 3.8) is 0 Å². The Morgan fingerprint density at radius 2 is 1.66 bits per heavy atom. The molecule has 1 N–H and O–H groups in total. The summed E-state index contributed by atoms with van der Waals surface area (Å²) in [6, 6.07) is 26.4. The van der Waals surface area contributed by atoms with E-state index in [1.54, 1.807) is 19.2 Å². The number of thioether (sulfide) groups is 1. The number of imide groups is 1. The molecule has 1 aliphatic heterocycles. The number of para-hydroxylation sites is 2. The molecule has 162 valence electrons. The molecule has 0 saturated carbocycles. The predicted molar refractivity (Wildman–Crippen MR) is 129 cm³/mol. The quantitative estimate of drug-likeness (QED) is 0.337. The minimum absolute atomic E-state index is 0.135. The number of hydrogen-bond acceptors (Lipinski definition) is 5. The van der Waals surface area contributed by atoms with Gasteiger partial charge in [-0.05, 0) is 42.0 Å².